The van der Waals surface area contributed by atoms with Crippen LogP contribution < -0.4 is 0 Å². The van der Waals surface area contributed by atoms with Crippen LogP contribution in [0.5, 0.6) is 0 Å². The Morgan fingerprint density at radius 1 is 1.33 bits per heavy atom. The average Bonchev–Trinajstić information content (AvgIpc) is 2.67. The highest BCUT2D eigenvalue weighted by Gasteiger charge is 2.34. The molecule has 3 heteroatoms. The van der Waals surface area contributed by atoms with Gasteiger partial charge in [-0.05, 0) is 18.4 Å². The number of esters is 1. The molecule has 0 aliphatic carbocycles. The van der Waals surface area contributed by atoms with Gasteiger partial charge in [-0.3, -0.25) is 4.79 Å². The second kappa shape index (κ2) is 5.61. The zero-order valence-electron chi connectivity index (χ0n) is 10.9. The van der Waals surface area contributed by atoms with Gasteiger partial charge in [0.1, 0.15) is 5.25 Å². The van der Waals surface area contributed by atoms with Crippen molar-refractivity contribution in [3.63, 3.8) is 0 Å². The summed E-state index contributed by atoms with van der Waals surface area (Å²) in [6, 6.07) is 10.1. The molecule has 0 spiro atoms. The largest absolute Gasteiger partial charge is 0.445 e. The second-order valence-electron chi connectivity index (χ2n) is 4.78. The fraction of sp³-hybridized carbons (Fsp3) is 0.400. The van der Waals surface area contributed by atoms with E-state index in [0.29, 0.717) is 5.92 Å². The topological polar surface area (TPSA) is 26.3 Å². The van der Waals surface area contributed by atoms with Crippen molar-refractivity contribution >= 4 is 23.3 Å². The molecule has 1 heterocycles. The van der Waals surface area contributed by atoms with Crippen LogP contribution in [0.25, 0.3) is 5.57 Å². The molecule has 96 valence electrons. The molecule has 1 saturated heterocycles. The molecular formula is C15H18O2S. The Balaban J connectivity index is 2.31. The Morgan fingerprint density at radius 3 is 2.50 bits per heavy atom. The minimum atomic E-state index is -0.169. The van der Waals surface area contributed by atoms with Crippen molar-refractivity contribution in [1.82, 2.24) is 0 Å². The third-order valence-electron chi connectivity index (χ3n) is 2.76. The van der Waals surface area contributed by atoms with Crippen molar-refractivity contribution in [2.24, 2.45) is 5.92 Å². The van der Waals surface area contributed by atoms with E-state index >= 15 is 0 Å². The molecule has 1 aliphatic rings. The van der Waals surface area contributed by atoms with Gasteiger partial charge in [0.05, 0.1) is 0 Å². The molecule has 0 radical (unpaired) electrons. The van der Waals surface area contributed by atoms with Crippen molar-refractivity contribution in [3.05, 3.63) is 42.0 Å². The Hall–Kier alpha value is -1.22. The minimum Gasteiger partial charge on any atom is -0.445 e. The Bertz CT molecular complexity index is 451. The normalized spacial score (nSPS) is 24.4. The SMILES string of the molecule is CC(C)C=C(c1ccccc1)C1OC(=O)C(C)S1. The third-order valence-corrected chi connectivity index (χ3v) is 3.95. The molecule has 0 saturated carbocycles. The first kappa shape index (κ1) is 13.2. The van der Waals surface area contributed by atoms with E-state index in [9.17, 15) is 4.79 Å². The molecule has 2 rings (SSSR count). The summed E-state index contributed by atoms with van der Waals surface area (Å²) in [6.45, 7) is 6.16. The third kappa shape index (κ3) is 2.96. The van der Waals surface area contributed by atoms with Gasteiger partial charge >= 0.3 is 5.97 Å². The zero-order valence-corrected chi connectivity index (χ0v) is 11.7. The lowest BCUT2D eigenvalue weighted by atomic mass is 10.0. The quantitative estimate of drug-likeness (QED) is 0.776. The van der Waals surface area contributed by atoms with Gasteiger partial charge in [-0.25, -0.2) is 0 Å². The van der Waals surface area contributed by atoms with Crippen LogP contribution in [0.4, 0.5) is 0 Å². The molecule has 0 bridgehead atoms. The van der Waals surface area contributed by atoms with Gasteiger partial charge in [0.2, 0.25) is 0 Å². The number of benzene rings is 1. The molecule has 2 atom stereocenters. The molecule has 1 fully saturated rings. The van der Waals surface area contributed by atoms with Crippen molar-refractivity contribution in [2.75, 3.05) is 0 Å². The van der Waals surface area contributed by atoms with Crippen LogP contribution in [0.15, 0.2) is 36.4 Å². The van der Waals surface area contributed by atoms with E-state index in [2.05, 4.69) is 32.1 Å². The van der Waals surface area contributed by atoms with Crippen LogP contribution in [0.2, 0.25) is 0 Å². The zero-order chi connectivity index (χ0) is 13.1. The summed E-state index contributed by atoms with van der Waals surface area (Å²) in [5, 5.41) is -0.0747. The maximum absolute atomic E-state index is 11.5. The molecule has 1 aromatic carbocycles. The summed E-state index contributed by atoms with van der Waals surface area (Å²) in [4.78, 5) is 11.5. The number of cyclic esters (lactones) is 1. The van der Waals surface area contributed by atoms with Crippen LogP contribution in [-0.4, -0.2) is 16.7 Å². The number of allylic oxidation sites excluding steroid dienone is 1. The van der Waals surface area contributed by atoms with E-state index in [1.54, 1.807) is 11.8 Å². The number of carbonyl (C=O) groups is 1. The molecule has 1 aromatic rings. The summed E-state index contributed by atoms with van der Waals surface area (Å²) in [5.74, 6) is 0.311. The van der Waals surface area contributed by atoms with E-state index < -0.39 is 0 Å². The molecule has 2 unspecified atom stereocenters. The first-order valence-electron chi connectivity index (χ1n) is 6.21. The van der Waals surface area contributed by atoms with Gasteiger partial charge in [0.15, 0.2) is 5.44 Å². The van der Waals surface area contributed by atoms with Gasteiger partial charge in [-0.1, -0.05) is 62.0 Å². The van der Waals surface area contributed by atoms with Crippen LogP contribution in [0.1, 0.15) is 26.3 Å². The fourth-order valence-electron chi connectivity index (χ4n) is 1.91. The molecular weight excluding hydrogens is 244 g/mol. The lowest BCUT2D eigenvalue weighted by Gasteiger charge is -2.15. The molecule has 0 aromatic heterocycles. The van der Waals surface area contributed by atoms with Crippen molar-refractivity contribution in [1.29, 1.82) is 0 Å². The van der Waals surface area contributed by atoms with E-state index in [0.717, 1.165) is 11.1 Å². The molecule has 2 nitrogen and oxygen atoms in total. The standard InChI is InChI=1S/C15H18O2S/c1-10(2)9-13(12-7-5-4-6-8-12)15-17-14(16)11(3)18-15/h4-11,15H,1-3H3. The summed E-state index contributed by atoms with van der Waals surface area (Å²) < 4.78 is 5.45. The van der Waals surface area contributed by atoms with Crippen LogP contribution in [0.3, 0.4) is 0 Å². The summed E-state index contributed by atoms with van der Waals surface area (Å²) in [5.41, 5.74) is 2.07. The Labute approximate surface area is 112 Å². The number of rotatable bonds is 3. The number of carbonyl (C=O) groups excluding carboxylic acids is 1. The van der Waals surface area contributed by atoms with E-state index in [4.69, 9.17) is 4.74 Å². The van der Waals surface area contributed by atoms with Crippen molar-refractivity contribution in [3.8, 4) is 0 Å². The number of hydrogen-bond donors (Lipinski definition) is 0. The molecule has 0 amide bonds. The maximum atomic E-state index is 11.5. The highest BCUT2D eigenvalue weighted by molar-refractivity contribution is 8.01. The first-order valence-corrected chi connectivity index (χ1v) is 7.15. The average molecular weight is 262 g/mol. The van der Waals surface area contributed by atoms with E-state index in [-0.39, 0.29) is 16.7 Å². The molecule has 1 aliphatic heterocycles. The highest BCUT2D eigenvalue weighted by atomic mass is 32.2. The van der Waals surface area contributed by atoms with Crippen LogP contribution >= 0.6 is 11.8 Å². The van der Waals surface area contributed by atoms with E-state index in [1.807, 2.05) is 25.1 Å². The predicted octanol–water partition coefficient (Wildman–Crippen LogP) is 3.73. The number of hydrogen-bond acceptors (Lipinski definition) is 3. The predicted molar refractivity (Wildman–Crippen MR) is 76.2 cm³/mol. The van der Waals surface area contributed by atoms with Gasteiger partial charge in [0, 0.05) is 5.57 Å². The summed E-state index contributed by atoms with van der Waals surface area (Å²) >= 11 is 1.58. The summed E-state index contributed by atoms with van der Waals surface area (Å²) in [6.07, 6.45) is 2.18. The maximum Gasteiger partial charge on any atom is 0.320 e. The summed E-state index contributed by atoms with van der Waals surface area (Å²) in [7, 11) is 0. The minimum absolute atomic E-state index is 0.0747. The van der Waals surface area contributed by atoms with Gasteiger partial charge < -0.3 is 4.74 Å². The van der Waals surface area contributed by atoms with Crippen molar-refractivity contribution in [2.45, 2.75) is 31.5 Å². The second-order valence-corrected chi connectivity index (χ2v) is 6.19. The molecule has 0 N–H and O–H groups in total. The van der Waals surface area contributed by atoms with E-state index in [1.165, 1.54) is 0 Å². The Kier molecular flexibility index (Phi) is 4.12. The lowest BCUT2D eigenvalue weighted by molar-refractivity contribution is -0.140. The number of ether oxygens (including phenoxy) is 1. The van der Waals surface area contributed by atoms with Crippen molar-refractivity contribution < 1.29 is 9.53 Å². The number of thioether (sulfide) groups is 1. The smallest absolute Gasteiger partial charge is 0.320 e. The Morgan fingerprint density at radius 2 is 2.00 bits per heavy atom. The lowest BCUT2D eigenvalue weighted by Crippen LogP contribution is -2.10. The van der Waals surface area contributed by atoms with Crippen LogP contribution in [0, 0.1) is 5.92 Å². The first-order chi connectivity index (χ1) is 8.58. The van der Waals surface area contributed by atoms with Gasteiger partial charge in [0.25, 0.3) is 0 Å². The van der Waals surface area contributed by atoms with Gasteiger partial charge in [-0.15, -0.1) is 0 Å². The van der Waals surface area contributed by atoms with Crippen LogP contribution in [-0.2, 0) is 9.53 Å². The monoisotopic (exact) mass is 262 g/mol. The molecule has 18 heavy (non-hydrogen) atoms. The fourth-order valence-corrected chi connectivity index (χ4v) is 2.96. The highest BCUT2D eigenvalue weighted by Crippen LogP contribution is 2.37. The van der Waals surface area contributed by atoms with Gasteiger partial charge in [-0.2, -0.15) is 0 Å².